The second-order valence-corrected chi connectivity index (χ2v) is 5.41. The lowest BCUT2D eigenvalue weighted by Gasteiger charge is -2.20. The highest BCUT2D eigenvalue weighted by Crippen LogP contribution is 2.40. The number of benzene rings is 2. The summed E-state index contributed by atoms with van der Waals surface area (Å²) in [5.74, 6) is -2.24. The molecule has 0 bridgehead atoms. The molecule has 0 saturated carbocycles. The Bertz CT molecular complexity index is 718. The van der Waals surface area contributed by atoms with Crippen molar-refractivity contribution in [3.8, 4) is 11.5 Å². The van der Waals surface area contributed by atoms with Crippen LogP contribution in [0.1, 0.15) is 33.0 Å². The molecule has 0 fully saturated rings. The van der Waals surface area contributed by atoms with Crippen LogP contribution < -0.4 is 5.32 Å². The first-order chi connectivity index (χ1) is 10.6. The Balaban J connectivity index is 0.00000192. The predicted molar refractivity (Wildman–Crippen MR) is 91.9 cm³/mol. The molecule has 1 aliphatic rings. The summed E-state index contributed by atoms with van der Waals surface area (Å²) in [5, 5.41) is 32.5. The number of hydrogen-bond donors (Lipinski definition) is 4. The molecule has 2 aromatic rings. The topological polar surface area (TPSA) is 89.8 Å². The van der Waals surface area contributed by atoms with Crippen LogP contribution in [0, 0.1) is 0 Å². The second kappa shape index (κ2) is 7.02. The molecule has 0 spiro atoms. The van der Waals surface area contributed by atoms with Crippen LogP contribution in [0.15, 0.2) is 36.4 Å². The third-order valence-electron chi connectivity index (χ3n) is 4.11. The molecule has 122 valence electrons. The van der Waals surface area contributed by atoms with E-state index in [1.165, 1.54) is 6.07 Å². The van der Waals surface area contributed by atoms with Crippen LogP contribution in [-0.4, -0.2) is 34.4 Å². The molecule has 4 N–H and O–H groups in total. The fraction of sp³-hybridized carbons (Fsp3) is 0.235. The van der Waals surface area contributed by atoms with E-state index in [-0.39, 0.29) is 34.2 Å². The van der Waals surface area contributed by atoms with Crippen molar-refractivity contribution in [2.45, 2.75) is 12.3 Å². The van der Waals surface area contributed by atoms with Gasteiger partial charge in [-0.1, -0.05) is 30.3 Å². The van der Waals surface area contributed by atoms with Crippen molar-refractivity contribution < 1.29 is 20.1 Å². The highest BCUT2D eigenvalue weighted by atomic mass is 79.9. The number of carboxylic acid groups (broad SMARTS) is 1. The van der Waals surface area contributed by atoms with E-state index in [0.717, 1.165) is 11.1 Å². The first kappa shape index (κ1) is 17.3. The van der Waals surface area contributed by atoms with Gasteiger partial charge in [-0.2, -0.15) is 0 Å². The number of carboxylic acids is 1. The van der Waals surface area contributed by atoms with E-state index in [4.69, 9.17) is 0 Å². The maximum Gasteiger partial charge on any atom is 0.339 e. The monoisotopic (exact) mass is 379 g/mol. The highest BCUT2D eigenvalue weighted by molar-refractivity contribution is 8.93. The van der Waals surface area contributed by atoms with E-state index in [9.17, 15) is 20.1 Å². The fourth-order valence-electron chi connectivity index (χ4n) is 3.08. The highest BCUT2D eigenvalue weighted by Gasteiger charge is 2.28. The molecule has 23 heavy (non-hydrogen) atoms. The van der Waals surface area contributed by atoms with Crippen LogP contribution in [0.2, 0.25) is 0 Å². The zero-order chi connectivity index (χ0) is 15.7. The van der Waals surface area contributed by atoms with Crippen LogP contribution in [0.5, 0.6) is 11.5 Å². The van der Waals surface area contributed by atoms with Crippen molar-refractivity contribution in [1.82, 2.24) is 5.32 Å². The number of aromatic hydroxyl groups is 2. The van der Waals surface area contributed by atoms with E-state index in [2.05, 4.69) is 5.32 Å². The first-order valence-electron chi connectivity index (χ1n) is 7.16. The normalized spacial score (nSPS) is 16.8. The lowest BCUT2D eigenvalue weighted by Crippen LogP contribution is -2.20. The van der Waals surface area contributed by atoms with Gasteiger partial charge in [0.05, 0.1) is 0 Å². The molecule has 0 saturated heterocycles. The Morgan fingerprint density at radius 2 is 1.87 bits per heavy atom. The lowest BCUT2D eigenvalue weighted by molar-refractivity contribution is 0.0691. The molecule has 1 heterocycles. The van der Waals surface area contributed by atoms with Crippen LogP contribution in [0.3, 0.4) is 0 Å². The largest absolute Gasteiger partial charge is 0.504 e. The lowest BCUT2D eigenvalue weighted by atomic mass is 9.85. The van der Waals surface area contributed by atoms with Gasteiger partial charge in [0.1, 0.15) is 5.56 Å². The van der Waals surface area contributed by atoms with Crippen molar-refractivity contribution in [3.05, 3.63) is 58.7 Å². The molecule has 0 amide bonds. The molecule has 3 rings (SSSR count). The standard InChI is InChI=1S/C17H17NO4.BrH/c19-14-8-12-11(15(16(14)20)17(21)22)6-7-18-9-13(12)10-4-2-1-3-5-10;/h1-5,8,13,18-20H,6-7,9H2,(H,21,22);1H. The zero-order valence-corrected chi connectivity index (χ0v) is 14.0. The zero-order valence-electron chi connectivity index (χ0n) is 12.3. The van der Waals surface area contributed by atoms with Crippen molar-refractivity contribution in [1.29, 1.82) is 0 Å². The van der Waals surface area contributed by atoms with Gasteiger partial charge in [-0.05, 0) is 35.7 Å². The van der Waals surface area contributed by atoms with Crippen molar-refractivity contribution in [2.75, 3.05) is 13.1 Å². The molecular weight excluding hydrogens is 362 g/mol. The van der Waals surface area contributed by atoms with Gasteiger partial charge < -0.3 is 20.6 Å². The number of hydrogen-bond acceptors (Lipinski definition) is 4. The number of fused-ring (bicyclic) bond motifs is 1. The molecule has 0 aromatic heterocycles. The fourth-order valence-corrected chi connectivity index (χ4v) is 3.08. The predicted octanol–water partition coefficient (Wildman–Crippen LogP) is 2.65. The Morgan fingerprint density at radius 1 is 1.17 bits per heavy atom. The summed E-state index contributed by atoms with van der Waals surface area (Å²) in [4.78, 5) is 11.5. The maximum atomic E-state index is 11.5. The summed E-state index contributed by atoms with van der Waals surface area (Å²) in [6.07, 6.45) is 0.494. The van der Waals surface area contributed by atoms with Crippen LogP contribution in [-0.2, 0) is 6.42 Å². The van der Waals surface area contributed by atoms with Gasteiger partial charge in [0.25, 0.3) is 0 Å². The summed E-state index contributed by atoms with van der Waals surface area (Å²) in [7, 11) is 0. The van der Waals surface area contributed by atoms with E-state index >= 15 is 0 Å². The Kier molecular flexibility index (Phi) is 5.28. The third kappa shape index (κ3) is 3.18. The van der Waals surface area contributed by atoms with Gasteiger partial charge in [-0.3, -0.25) is 0 Å². The smallest absolute Gasteiger partial charge is 0.339 e. The minimum absolute atomic E-state index is 0. The minimum atomic E-state index is -1.22. The average Bonchev–Trinajstić information content (AvgIpc) is 2.71. The van der Waals surface area contributed by atoms with E-state index in [0.29, 0.717) is 25.1 Å². The third-order valence-corrected chi connectivity index (χ3v) is 4.11. The summed E-state index contributed by atoms with van der Waals surface area (Å²) in [5.41, 5.74) is 2.18. The van der Waals surface area contributed by atoms with Crippen LogP contribution in [0.4, 0.5) is 0 Å². The van der Waals surface area contributed by atoms with Crippen molar-refractivity contribution in [2.24, 2.45) is 0 Å². The quantitative estimate of drug-likeness (QED) is 0.602. The average molecular weight is 380 g/mol. The minimum Gasteiger partial charge on any atom is -0.504 e. The summed E-state index contributed by atoms with van der Waals surface area (Å²) < 4.78 is 0. The summed E-state index contributed by atoms with van der Waals surface area (Å²) >= 11 is 0. The van der Waals surface area contributed by atoms with E-state index in [1.807, 2.05) is 30.3 Å². The number of aromatic carboxylic acids is 1. The van der Waals surface area contributed by atoms with Gasteiger partial charge in [-0.15, -0.1) is 17.0 Å². The number of phenolic OH excluding ortho intramolecular Hbond substituents is 1. The van der Waals surface area contributed by atoms with E-state index < -0.39 is 11.7 Å². The first-order valence-corrected chi connectivity index (χ1v) is 7.16. The van der Waals surface area contributed by atoms with E-state index in [1.54, 1.807) is 0 Å². The molecule has 1 atom stereocenters. The van der Waals surface area contributed by atoms with Crippen molar-refractivity contribution in [3.63, 3.8) is 0 Å². The SMILES string of the molecule is Br.O=C(O)c1c(O)c(O)cc2c1CCNCC2c1ccccc1. The number of carbonyl (C=O) groups is 1. The van der Waals surface area contributed by atoms with Gasteiger partial charge in [-0.25, -0.2) is 4.79 Å². The number of halogens is 1. The van der Waals surface area contributed by atoms with Gasteiger partial charge in [0.15, 0.2) is 11.5 Å². The Morgan fingerprint density at radius 3 is 2.52 bits per heavy atom. The summed E-state index contributed by atoms with van der Waals surface area (Å²) in [6, 6.07) is 11.2. The number of nitrogens with one attached hydrogen (secondary N) is 1. The van der Waals surface area contributed by atoms with Gasteiger partial charge in [0.2, 0.25) is 0 Å². The second-order valence-electron chi connectivity index (χ2n) is 5.41. The molecule has 1 aliphatic heterocycles. The maximum absolute atomic E-state index is 11.5. The number of rotatable bonds is 2. The molecular formula is C17H18BrNO4. The Labute approximate surface area is 144 Å². The molecule has 0 radical (unpaired) electrons. The molecule has 2 aromatic carbocycles. The van der Waals surface area contributed by atoms with Gasteiger partial charge >= 0.3 is 5.97 Å². The molecule has 0 aliphatic carbocycles. The summed E-state index contributed by atoms with van der Waals surface area (Å²) in [6.45, 7) is 1.28. The van der Waals surface area contributed by atoms with Crippen LogP contribution in [0.25, 0.3) is 0 Å². The van der Waals surface area contributed by atoms with Crippen molar-refractivity contribution >= 4 is 23.0 Å². The van der Waals surface area contributed by atoms with Gasteiger partial charge in [0, 0.05) is 12.5 Å². The molecule has 6 heteroatoms. The van der Waals surface area contributed by atoms with Crippen LogP contribution >= 0.6 is 17.0 Å². The number of phenols is 2. The Hall–Kier alpha value is -2.05. The molecule has 1 unspecified atom stereocenters. The molecule has 5 nitrogen and oxygen atoms in total.